The minimum Gasteiger partial charge on any atom is -0.396 e. The zero-order valence-electron chi connectivity index (χ0n) is 31.7. The molecular weight excluding hydrogens is 711 g/mol. The monoisotopic (exact) mass is 761 g/mol. The summed E-state index contributed by atoms with van der Waals surface area (Å²) in [7, 11) is 0. The number of benzene rings is 2. The van der Waals surface area contributed by atoms with Crippen LogP contribution in [0.2, 0.25) is 0 Å². The molecule has 0 aliphatic carbocycles. The highest BCUT2D eigenvalue weighted by atomic mass is 16.3. The smallest absolute Gasteiger partial charge is 0.271 e. The molecule has 1 unspecified atom stereocenters. The van der Waals surface area contributed by atoms with E-state index in [2.05, 4.69) is 48.5 Å². The summed E-state index contributed by atoms with van der Waals surface area (Å²) in [6.07, 6.45) is 10.2. The van der Waals surface area contributed by atoms with Crippen molar-refractivity contribution >= 4 is 51.5 Å². The number of aliphatic hydroxyl groups is 1. The maximum atomic E-state index is 13.3. The highest BCUT2D eigenvalue weighted by molar-refractivity contribution is 5.99. The van der Waals surface area contributed by atoms with Crippen molar-refractivity contribution in [2.24, 2.45) is 17.6 Å². The number of hydrogen-bond donors (Lipinski definition) is 4. The molecule has 4 aromatic rings. The maximum Gasteiger partial charge on any atom is 0.271 e. The van der Waals surface area contributed by atoms with Crippen molar-refractivity contribution < 1.29 is 19.5 Å². The molecule has 0 radical (unpaired) electrons. The highest BCUT2D eigenvalue weighted by Crippen LogP contribution is 2.32. The second-order valence-electron chi connectivity index (χ2n) is 15.9. The molecule has 4 fully saturated rings. The van der Waals surface area contributed by atoms with Gasteiger partial charge in [-0.25, -0.2) is 9.97 Å². The minimum absolute atomic E-state index is 0.0990. The van der Waals surface area contributed by atoms with Crippen molar-refractivity contribution in [2.75, 3.05) is 67.5 Å². The van der Waals surface area contributed by atoms with Crippen LogP contribution in [0, 0.1) is 11.8 Å². The number of likely N-dealkylation sites (tertiary alicyclic amines) is 1. The molecule has 0 spiro atoms. The molecule has 294 valence electrons. The first kappa shape index (κ1) is 37.6. The lowest BCUT2D eigenvalue weighted by Crippen LogP contribution is -2.44. The van der Waals surface area contributed by atoms with Crippen molar-refractivity contribution in [3.63, 3.8) is 0 Å². The van der Waals surface area contributed by atoms with Crippen molar-refractivity contribution in [1.29, 1.82) is 0 Å². The average molecular weight is 762 g/mol. The number of nitrogens with zero attached hydrogens (tertiary/aromatic N) is 6. The Morgan fingerprint density at radius 3 is 2.41 bits per heavy atom. The number of hydrogen-bond acceptors (Lipinski definition) is 11. The van der Waals surface area contributed by atoms with Crippen LogP contribution in [0.15, 0.2) is 65.7 Å². The summed E-state index contributed by atoms with van der Waals surface area (Å²) in [5.74, 6) is 0.982. The summed E-state index contributed by atoms with van der Waals surface area (Å²) < 4.78 is 1.46. The Morgan fingerprint density at radius 2 is 1.68 bits per heavy atom. The molecule has 6 heterocycles. The van der Waals surface area contributed by atoms with Gasteiger partial charge in [0.1, 0.15) is 11.9 Å². The molecule has 5 N–H and O–H groups in total. The number of primary amides is 1. The molecule has 0 saturated carbocycles. The number of rotatable bonds is 10. The zero-order chi connectivity index (χ0) is 38.8. The van der Waals surface area contributed by atoms with Crippen LogP contribution in [0.5, 0.6) is 0 Å². The van der Waals surface area contributed by atoms with Gasteiger partial charge < -0.3 is 35.4 Å². The third-order valence-corrected chi connectivity index (χ3v) is 12.3. The summed E-state index contributed by atoms with van der Waals surface area (Å²) in [4.78, 5) is 65.7. The largest absolute Gasteiger partial charge is 0.396 e. The fourth-order valence-corrected chi connectivity index (χ4v) is 9.02. The van der Waals surface area contributed by atoms with Crippen LogP contribution >= 0.6 is 0 Å². The van der Waals surface area contributed by atoms with E-state index in [1.165, 1.54) is 10.1 Å². The topological polar surface area (TPSA) is 179 Å². The number of imide groups is 1. The Bertz CT molecular complexity index is 2140. The number of anilines is 4. The molecule has 4 aliphatic heterocycles. The van der Waals surface area contributed by atoms with Crippen LogP contribution in [0.1, 0.15) is 79.4 Å². The zero-order valence-corrected chi connectivity index (χ0v) is 31.7. The highest BCUT2D eigenvalue weighted by Gasteiger charge is 2.30. The van der Waals surface area contributed by atoms with E-state index < -0.39 is 17.9 Å². The fourth-order valence-electron chi connectivity index (χ4n) is 9.02. The third-order valence-electron chi connectivity index (χ3n) is 12.3. The summed E-state index contributed by atoms with van der Waals surface area (Å²) in [6, 6.07) is 15.6. The van der Waals surface area contributed by atoms with E-state index in [1.807, 2.05) is 30.3 Å². The quantitative estimate of drug-likeness (QED) is 0.172. The number of amides is 3. The molecule has 2 aromatic carbocycles. The number of aliphatic hydroxyl groups excluding tert-OH is 1. The number of piperidine rings is 4. The molecule has 0 bridgehead atoms. The van der Waals surface area contributed by atoms with E-state index >= 15 is 0 Å². The van der Waals surface area contributed by atoms with E-state index in [1.54, 1.807) is 12.4 Å². The Morgan fingerprint density at radius 1 is 0.893 bits per heavy atom. The number of aromatic nitrogens is 3. The fraction of sp³-hybridized carbons (Fsp3) is 0.476. The number of fused-ring (bicyclic) bond motifs is 1. The molecule has 8 rings (SSSR count). The van der Waals surface area contributed by atoms with Crippen molar-refractivity contribution in [3.8, 4) is 0 Å². The van der Waals surface area contributed by atoms with E-state index in [0.717, 1.165) is 94.6 Å². The Labute approximate surface area is 326 Å². The molecular formula is C42H51N9O5. The number of pyridine rings is 1. The number of nitrogens with one attached hydrogen (secondary N) is 2. The van der Waals surface area contributed by atoms with Gasteiger partial charge in [0.2, 0.25) is 11.8 Å². The second kappa shape index (κ2) is 16.4. The first-order valence-electron chi connectivity index (χ1n) is 20.1. The summed E-state index contributed by atoms with van der Waals surface area (Å²) in [6.45, 7) is 6.86. The molecule has 2 atom stereocenters. The predicted octanol–water partition coefficient (Wildman–Crippen LogP) is 3.92. The lowest BCUT2D eigenvalue weighted by molar-refractivity contribution is -0.135. The normalized spacial score (nSPS) is 21.7. The van der Waals surface area contributed by atoms with Gasteiger partial charge in [-0.05, 0) is 123 Å². The standard InChI is InChI=1S/C42H51N9O5/c43-39(54)38-40(46-36(23-44-38)50-16-1-2-28(25-50)26-52)45-32-5-3-29(4-6-32)30-13-17-48(18-14-30)24-27-11-19-49(20-12-27)33-7-8-34-31(22-33)15-21-51(42(34)56)35-9-10-37(53)47-41(35)55/h3-8,15,21-23,27-28,30,35,52H,1-2,9-14,16-20,24-26H2,(H2,43,54)(H,45,46)(H,47,53,55)/t28-,35?/m1/s1. The van der Waals surface area contributed by atoms with Gasteiger partial charge in [-0.3, -0.25) is 24.5 Å². The number of nitrogens with two attached hydrogens (primary N) is 1. The summed E-state index contributed by atoms with van der Waals surface area (Å²) in [5.41, 5.74) is 8.78. The van der Waals surface area contributed by atoms with Gasteiger partial charge in [-0.2, -0.15) is 0 Å². The van der Waals surface area contributed by atoms with E-state index in [-0.39, 0.29) is 36.1 Å². The first-order valence-corrected chi connectivity index (χ1v) is 20.1. The average Bonchev–Trinajstić information content (AvgIpc) is 3.22. The van der Waals surface area contributed by atoms with Crippen LogP contribution in [0.3, 0.4) is 0 Å². The van der Waals surface area contributed by atoms with Crippen molar-refractivity contribution in [3.05, 3.63) is 82.5 Å². The summed E-state index contributed by atoms with van der Waals surface area (Å²) in [5, 5.41) is 16.7. The number of carbonyl (C=O) groups is 3. The third kappa shape index (κ3) is 8.12. The van der Waals surface area contributed by atoms with Crippen LogP contribution in [-0.4, -0.2) is 94.7 Å². The van der Waals surface area contributed by atoms with E-state index in [0.29, 0.717) is 41.8 Å². The van der Waals surface area contributed by atoms with E-state index in [4.69, 9.17) is 10.7 Å². The van der Waals surface area contributed by atoms with Gasteiger partial charge >= 0.3 is 0 Å². The van der Waals surface area contributed by atoms with Gasteiger partial charge in [0, 0.05) is 68.7 Å². The van der Waals surface area contributed by atoms with Crippen LogP contribution in [0.4, 0.5) is 23.0 Å². The van der Waals surface area contributed by atoms with Gasteiger partial charge in [-0.15, -0.1) is 0 Å². The van der Waals surface area contributed by atoms with Crippen LogP contribution < -0.4 is 31.7 Å². The molecule has 4 saturated heterocycles. The molecule has 14 heteroatoms. The van der Waals surface area contributed by atoms with Crippen molar-refractivity contribution in [1.82, 2.24) is 24.8 Å². The second-order valence-corrected chi connectivity index (χ2v) is 15.9. The first-order chi connectivity index (χ1) is 27.2. The molecule has 56 heavy (non-hydrogen) atoms. The lowest BCUT2D eigenvalue weighted by Gasteiger charge is -2.38. The Kier molecular flexibility index (Phi) is 11.0. The molecule has 3 amide bonds. The maximum absolute atomic E-state index is 13.3. The van der Waals surface area contributed by atoms with Gasteiger partial charge in [0.15, 0.2) is 11.5 Å². The van der Waals surface area contributed by atoms with Gasteiger partial charge in [-0.1, -0.05) is 12.1 Å². The molecule has 2 aromatic heterocycles. The minimum atomic E-state index is -0.665. The van der Waals surface area contributed by atoms with Crippen molar-refractivity contribution in [2.45, 2.75) is 63.3 Å². The van der Waals surface area contributed by atoms with Gasteiger partial charge in [0.25, 0.3) is 11.5 Å². The van der Waals surface area contributed by atoms with Gasteiger partial charge in [0.05, 0.1) is 6.20 Å². The predicted molar refractivity (Wildman–Crippen MR) is 215 cm³/mol. The molecule has 4 aliphatic rings. The van der Waals surface area contributed by atoms with E-state index in [9.17, 15) is 24.3 Å². The number of carbonyl (C=O) groups excluding carboxylic acids is 3. The van der Waals surface area contributed by atoms with Crippen LogP contribution in [0.25, 0.3) is 10.8 Å². The van der Waals surface area contributed by atoms with Crippen LogP contribution in [-0.2, 0) is 9.59 Å². The molecule has 14 nitrogen and oxygen atoms in total. The Hall–Kier alpha value is -5.34. The lowest BCUT2D eigenvalue weighted by atomic mass is 9.88. The summed E-state index contributed by atoms with van der Waals surface area (Å²) >= 11 is 0. The Balaban J connectivity index is 0.817. The SMILES string of the molecule is NC(=O)c1ncc(N2CCC[C@@H](CO)C2)nc1Nc1ccc(C2CCN(CC3CCN(c4ccc5c(=O)n(C6CCC(=O)NC6=O)ccc5c4)CC3)CC2)cc1.